The number of aldehydes is 1. The second kappa shape index (κ2) is 15.0. The number of carbonyl (C=O) groups is 1. The summed E-state index contributed by atoms with van der Waals surface area (Å²) in [5, 5.41) is 0.186. The lowest BCUT2D eigenvalue weighted by Crippen LogP contribution is -2.41. The average molecular weight is 696 g/mol. The second-order valence-corrected chi connectivity index (χ2v) is 26.2. The summed E-state index contributed by atoms with van der Waals surface area (Å²) in [5.74, 6) is 1.68. The Hall–Kier alpha value is -3.73. The van der Waals surface area contributed by atoms with Gasteiger partial charge in [0.15, 0.2) is 14.6 Å². The smallest absolute Gasteiger partial charge is 0.227 e. The van der Waals surface area contributed by atoms with E-state index in [1.54, 1.807) is 12.1 Å². The van der Waals surface area contributed by atoms with Crippen LogP contribution in [0, 0.1) is 6.92 Å². The molecule has 6 nitrogen and oxygen atoms in total. The Morgan fingerprint density at radius 3 is 2.20 bits per heavy atom. The molecule has 1 aliphatic carbocycles. The molecule has 0 saturated carbocycles. The fraction of sp³-hybridized carbons (Fsp3) is 0.415. The number of benzene rings is 3. The van der Waals surface area contributed by atoms with Crippen LogP contribution in [0.25, 0.3) is 22.3 Å². The van der Waals surface area contributed by atoms with Gasteiger partial charge >= 0.3 is 0 Å². The monoisotopic (exact) mass is 695 g/mol. The van der Waals surface area contributed by atoms with Crippen molar-refractivity contribution >= 4 is 22.7 Å². The Kier molecular flexibility index (Phi) is 11.2. The van der Waals surface area contributed by atoms with E-state index in [0.717, 1.165) is 36.5 Å². The van der Waals surface area contributed by atoms with Gasteiger partial charge in [0.1, 0.15) is 18.5 Å². The maximum atomic E-state index is 11.7. The Morgan fingerprint density at radius 1 is 0.816 bits per heavy atom. The first-order chi connectivity index (χ1) is 23.2. The molecule has 0 N–H and O–H groups in total. The minimum Gasteiger partial charge on any atom is -0.491 e. The van der Waals surface area contributed by atoms with E-state index in [4.69, 9.17) is 18.6 Å². The molecule has 4 aromatic rings. The van der Waals surface area contributed by atoms with Crippen LogP contribution in [-0.4, -0.2) is 47.5 Å². The summed E-state index contributed by atoms with van der Waals surface area (Å²) in [5.41, 5.74) is 9.01. The third kappa shape index (κ3) is 8.90. The molecular formula is C41H53NO5Si2. The summed E-state index contributed by atoms with van der Waals surface area (Å²) >= 11 is 0. The minimum atomic E-state index is -1.78. The molecule has 0 radical (unpaired) electrons. The van der Waals surface area contributed by atoms with E-state index < -0.39 is 16.4 Å². The van der Waals surface area contributed by atoms with Crippen LogP contribution in [0.15, 0.2) is 72.8 Å². The van der Waals surface area contributed by atoms with Crippen molar-refractivity contribution in [3.63, 3.8) is 0 Å². The number of hydrogen-bond acceptors (Lipinski definition) is 6. The van der Waals surface area contributed by atoms with Crippen LogP contribution in [0.3, 0.4) is 0 Å². The zero-order chi connectivity index (χ0) is 35.4. The molecule has 0 saturated heterocycles. The normalized spacial score (nSPS) is 14.8. The van der Waals surface area contributed by atoms with Crippen LogP contribution in [0.2, 0.25) is 43.8 Å². The molecule has 5 rings (SSSR count). The van der Waals surface area contributed by atoms with E-state index in [-0.39, 0.29) is 11.1 Å². The maximum absolute atomic E-state index is 11.7. The molecule has 0 fully saturated rings. The molecule has 1 atom stereocenters. The summed E-state index contributed by atoms with van der Waals surface area (Å²) in [4.78, 5) is 16.3. The Balaban J connectivity index is 1.29. The Labute approximate surface area is 295 Å². The van der Waals surface area contributed by atoms with Gasteiger partial charge in [0, 0.05) is 14.1 Å². The Bertz CT molecular complexity index is 1760. The minimum absolute atomic E-state index is 0.123. The zero-order valence-electron chi connectivity index (χ0n) is 30.8. The quantitative estimate of drug-likeness (QED) is 0.0743. The van der Waals surface area contributed by atoms with Gasteiger partial charge in [0.05, 0.1) is 18.8 Å². The van der Waals surface area contributed by atoms with E-state index in [0.29, 0.717) is 37.1 Å². The average Bonchev–Trinajstić information content (AvgIpc) is 3.45. The number of pyridine rings is 1. The van der Waals surface area contributed by atoms with Crippen LogP contribution >= 0.6 is 0 Å². The SMILES string of the molecule is Cc1c(-c2ccc(OCCO[Si](C)(C)C(C)(C)C)cc2)cccc1-c1cccc2c1CCC2Oc1ccc(C=O)c(OCC[Si](C)(C)C)n1. The van der Waals surface area contributed by atoms with Crippen molar-refractivity contribution in [1.29, 1.82) is 0 Å². The molecule has 1 aromatic heterocycles. The highest BCUT2D eigenvalue weighted by Gasteiger charge is 2.37. The lowest BCUT2D eigenvalue weighted by molar-refractivity contribution is 0.111. The van der Waals surface area contributed by atoms with E-state index >= 15 is 0 Å². The third-order valence-electron chi connectivity index (χ3n) is 9.97. The molecule has 1 unspecified atom stereocenters. The van der Waals surface area contributed by atoms with Crippen molar-refractivity contribution in [2.45, 2.75) is 90.5 Å². The highest BCUT2D eigenvalue weighted by molar-refractivity contribution is 6.76. The number of aromatic nitrogens is 1. The molecule has 260 valence electrons. The molecular weight excluding hydrogens is 643 g/mol. The topological polar surface area (TPSA) is 66.9 Å². The number of rotatable bonds is 14. The summed E-state index contributed by atoms with van der Waals surface area (Å²) in [7, 11) is -3.06. The van der Waals surface area contributed by atoms with Gasteiger partial charge in [0.2, 0.25) is 11.8 Å². The standard InChI is InChI=1S/C41H53NO5Si2/c1-29-33(30-16-19-32(20-17-30)44-24-25-46-49(8,9)41(2,3)4)12-10-13-34(29)35-14-11-15-37-36(35)21-22-38(37)47-39-23-18-31(28-43)40(42-39)45-26-27-48(5,6)7/h10-20,23,28,38H,21-22,24-27H2,1-9H3. The molecule has 0 spiro atoms. The number of carbonyl (C=O) groups excluding carboxylic acids is 1. The van der Waals surface area contributed by atoms with Crippen LogP contribution in [0.1, 0.15) is 60.3 Å². The lowest BCUT2D eigenvalue weighted by Gasteiger charge is -2.36. The molecule has 1 heterocycles. The van der Waals surface area contributed by atoms with Crippen LogP contribution in [-0.2, 0) is 10.8 Å². The van der Waals surface area contributed by atoms with Gasteiger partial charge in [0.25, 0.3) is 0 Å². The van der Waals surface area contributed by atoms with Gasteiger partial charge in [-0.2, -0.15) is 4.98 Å². The molecule has 8 heteroatoms. The van der Waals surface area contributed by atoms with Crippen molar-refractivity contribution in [3.05, 3.63) is 95.1 Å². The summed E-state index contributed by atoms with van der Waals surface area (Å²) in [6.45, 7) is 22.1. The van der Waals surface area contributed by atoms with E-state index in [2.05, 4.69) is 114 Å². The zero-order valence-corrected chi connectivity index (χ0v) is 32.8. The first-order valence-electron chi connectivity index (χ1n) is 17.5. The third-order valence-corrected chi connectivity index (χ3v) is 16.2. The van der Waals surface area contributed by atoms with Gasteiger partial charge in [-0.05, 0) is 101 Å². The highest BCUT2D eigenvalue weighted by Crippen LogP contribution is 2.42. The fourth-order valence-electron chi connectivity index (χ4n) is 5.94. The first kappa shape index (κ1) is 36.6. The van der Waals surface area contributed by atoms with Crippen molar-refractivity contribution in [2.75, 3.05) is 19.8 Å². The van der Waals surface area contributed by atoms with Crippen LogP contribution < -0.4 is 14.2 Å². The predicted octanol–water partition coefficient (Wildman–Crippen LogP) is 10.7. The van der Waals surface area contributed by atoms with Gasteiger partial charge in [-0.1, -0.05) is 88.9 Å². The number of fused-ring (bicyclic) bond motifs is 1. The number of ether oxygens (including phenoxy) is 3. The van der Waals surface area contributed by atoms with Crippen LogP contribution in [0.5, 0.6) is 17.5 Å². The van der Waals surface area contributed by atoms with Crippen LogP contribution in [0.4, 0.5) is 0 Å². The number of nitrogens with zero attached hydrogens (tertiary/aromatic N) is 1. The van der Waals surface area contributed by atoms with E-state index in [9.17, 15) is 4.79 Å². The summed E-state index contributed by atoms with van der Waals surface area (Å²) in [6, 6.07) is 25.9. The van der Waals surface area contributed by atoms with Gasteiger partial charge in [-0.3, -0.25) is 4.79 Å². The summed E-state index contributed by atoms with van der Waals surface area (Å²) in [6.07, 6.45) is 2.44. The predicted molar refractivity (Wildman–Crippen MR) is 206 cm³/mol. The fourth-order valence-corrected chi connectivity index (χ4v) is 7.68. The molecule has 49 heavy (non-hydrogen) atoms. The van der Waals surface area contributed by atoms with E-state index in [1.807, 2.05) is 12.1 Å². The maximum Gasteiger partial charge on any atom is 0.227 e. The Morgan fingerprint density at radius 2 is 1.51 bits per heavy atom. The second-order valence-electron chi connectivity index (χ2n) is 15.8. The van der Waals surface area contributed by atoms with Crippen molar-refractivity contribution in [2.24, 2.45) is 0 Å². The van der Waals surface area contributed by atoms with Gasteiger partial charge < -0.3 is 18.6 Å². The number of hydrogen-bond donors (Lipinski definition) is 0. The van der Waals surface area contributed by atoms with Crippen molar-refractivity contribution < 1.29 is 23.4 Å². The van der Waals surface area contributed by atoms with Crippen molar-refractivity contribution in [1.82, 2.24) is 4.98 Å². The van der Waals surface area contributed by atoms with Crippen molar-refractivity contribution in [3.8, 4) is 39.8 Å². The molecule has 0 bridgehead atoms. The van der Waals surface area contributed by atoms with Gasteiger partial charge in [-0.25, -0.2) is 0 Å². The van der Waals surface area contributed by atoms with Gasteiger partial charge in [-0.15, -0.1) is 0 Å². The summed E-state index contributed by atoms with van der Waals surface area (Å²) < 4.78 is 24.7. The molecule has 0 amide bonds. The molecule has 3 aromatic carbocycles. The molecule has 0 aliphatic heterocycles. The highest BCUT2D eigenvalue weighted by atomic mass is 28.4. The largest absolute Gasteiger partial charge is 0.491 e. The first-order valence-corrected chi connectivity index (χ1v) is 24.1. The van der Waals surface area contributed by atoms with E-state index in [1.165, 1.54) is 33.4 Å². The lowest BCUT2D eigenvalue weighted by atomic mass is 9.89. The molecule has 1 aliphatic rings.